The van der Waals surface area contributed by atoms with Crippen molar-refractivity contribution < 1.29 is 23.2 Å². The number of benzene rings is 3. The second kappa shape index (κ2) is 8.86. The minimum absolute atomic E-state index is 0.189. The molecule has 0 bridgehead atoms. The molecule has 3 aromatic rings. The largest absolute Gasteiger partial charge is 0.497 e. The van der Waals surface area contributed by atoms with Crippen molar-refractivity contribution in [2.24, 2.45) is 0 Å². The molecule has 0 atom stereocenters. The minimum atomic E-state index is -3.79. The number of sulfonamides is 1. The number of hydrogen-bond acceptors (Lipinski definition) is 5. The average Bonchev–Trinajstić information content (AvgIpc) is 3.27. The summed E-state index contributed by atoms with van der Waals surface area (Å²) in [7, 11) is -2.26. The van der Waals surface area contributed by atoms with Gasteiger partial charge in [-0.3, -0.25) is 14.3 Å². The van der Waals surface area contributed by atoms with E-state index < -0.39 is 15.9 Å². The fourth-order valence-corrected chi connectivity index (χ4v) is 5.32. The SMILES string of the molecule is COc1ccc(S(=O)(=O)N2CCc3cc(/C=C/C(=O)NO)cc(-c4ccccc4)c32)cc1. The molecule has 32 heavy (non-hydrogen) atoms. The topological polar surface area (TPSA) is 95.9 Å². The third-order valence-electron chi connectivity index (χ3n) is 5.31. The molecule has 0 unspecified atom stereocenters. The number of carbonyl (C=O) groups is 1. The van der Waals surface area contributed by atoms with E-state index in [1.54, 1.807) is 35.8 Å². The molecule has 2 N–H and O–H groups in total. The van der Waals surface area contributed by atoms with Crippen molar-refractivity contribution in [3.05, 3.63) is 83.9 Å². The smallest absolute Gasteiger partial charge is 0.267 e. The maximum Gasteiger partial charge on any atom is 0.267 e. The highest BCUT2D eigenvalue weighted by molar-refractivity contribution is 7.92. The van der Waals surface area contributed by atoms with Crippen LogP contribution in [0.25, 0.3) is 17.2 Å². The molecule has 1 amide bonds. The number of methoxy groups -OCH3 is 1. The molecule has 7 nitrogen and oxygen atoms in total. The van der Waals surface area contributed by atoms with E-state index in [4.69, 9.17) is 9.94 Å². The summed E-state index contributed by atoms with van der Waals surface area (Å²) in [5, 5.41) is 8.73. The number of amides is 1. The number of nitrogens with one attached hydrogen (secondary N) is 1. The van der Waals surface area contributed by atoms with Crippen molar-refractivity contribution in [3.8, 4) is 16.9 Å². The Kier molecular flexibility index (Phi) is 5.98. The van der Waals surface area contributed by atoms with Crippen LogP contribution in [0.15, 0.2) is 77.7 Å². The van der Waals surface area contributed by atoms with Crippen molar-refractivity contribution in [1.82, 2.24) is 5.48 Å². The summed E-state index contributed by atoms with van der Waals surface area (Å²) in [5.41, 5.74) is 5.41. The van der Waals surface area contributed by atoms with E-state index in [1.165, 1.54) is 17.5 Å². The summed E-state index contributed by atoms with van der Waals surface area (Å²) in [5.74, 6) is -0.0606. The lowest BCUT2D eigenvalue weighted by atomic mass is 9.97. The van der Waals surface area contributed by atoms with Crippen molar-refractivity contribution in [1.29, 1.82) is 0 Å². The first kappa shape index (κ1) is 21.6. The predicted molar refractivity (Wildman–Crippen MR) is 122 cm³/mol. The van der Waals surface area contributed by atoms with Crippen LogP contribution in [0.4, 0.5) is 5.69 Å². The molecule has 0 radical (unpaired) electrons. The van der Waals surface area contributed by atoms with Gasteiger partial charge in [-0.15, -0.1) is 0 Å². The number of nitrogens with zero attached hydrogens (tertiary/aromatic N) is 1. The van der Waals surface area contributed by atoms with Gasteiger partial charge in [-0.25, -0.2) is 13.9 Å². The first-order chi connectivity index (χ1) is 15.4. The summed E-state index contributed by atoms with van der Waals surface area (Å²) in [6.45, 7) is 0.313. The Morgan fingerprint density at radius 1 is 1.09 bits per heavy atom. The normalized spacial score (nSPS) is 13.2. The molecular formula is C24H22N2O5S. The Bertz CT molecular complexity index is 1270. The van der Waals surface area contributed by atoms with Gasteiger partial charge in [0.05, 0.1) is 17.7 Å². The van der Waals surface area contributed by atoms with Crippen LogP contribution in [-0.4, -0.2) is 33.2 Å². The Hall–Kier alpha value is -3.62. The van der Waals surface area contributed by atoms with Gasteiger partial charge in [-0.2, -0.15) is 0 Å². The fraction of sp³-hybridized carbons (Fsp3) is 0.125. The molecule has 1 aliphatic heterocycles. The molecule has 0 fully saturated rings. The Balaban J connectivity index is 1.84. The fourth-order valence-electron chi connectivity index (χ4n) is 3.80. The lowest BCUT2D eigenvalue weighted by molar-refractivity contribution is -0.124. The molecule has 1 heterocycles. The van der Waals surface area contributed by atoms with E-state index >= 15 is 0 Å². The Labute approximate surface area is 186 Å². The zero-order valence-electron chi connectivity index (χ0n) is 17.4. The van der Waals surface area contributed by atoms with Gasteiger partial charge in [0, 0.05) is 18.2 Å². The van der Waals surface area contributed by atoms with Crippen LogP contribution in [0.3, 0.4) is 0 Å². The number of carbonyl (C=O) groups excluding carboxylic acids is 1. The molecular weight excluding hydrogens is 428 g/mol. The number of hydroxylamine groups is 1. The van der Waals surface area contributed by atoms with Crippen molar-refractivity contribution in [3.63, 3.8) is 0 Å². The highest BCUT2D eigenvalue weighted by Crippen LogP contribution is 2.42. The maximum absolute atomic E-state index is 13.5. The standard InChI is InChI=1S/C24H22N2O5S/c1-31-20-8-10-21(11-9-20)32(29,30)26-14-13-19-15-17(7-12-23(27)25-28)16-22(24(19)26)18-5-3-2-4-6-18/h2-12,15-16,28H,13-14H2,1H3,(H,25,27)/b12-7+. The van der Waals surface area contributed by atoms with Crippen molar-refractivity contribution in [2.75, 3.05) is 18.0 Å². The molecule has 3 aromatic carbocycles. The van der Waals surface area contributed by atoms with E-state index in [9.17, 15) is 13.2 Å². The van der Waals surface area contributed by atoms with Gasteiger partial charge in [0.1, 0.15) is 5.75 Å². The third kappa shape index (κ3) is 4.10. The molecule has 1 aliphatic rings. The van der Waals surface area contributed by atoms with Crippen LogP contribution in [-0.2, 0) is 21.2 Å². The summed E-state index contributed by atoms with van der Waals surface area (Å²) in [6.07, 6.45) is 3.34. The van der Waals surface area contributed by atoms with Gasteiger partial charge in [0.15, 0.2) is 0 Å². The first-order valence-electron chi connectivity index (χ1n) is 9.95. The summed E-state index contributed by atoms with van der Waals surface area (Å²) in [4.78, 5) is 11.6. The number of anilines is 1. The highest BCUT2D eigenvalue weighted by atomic mass is 32.2. The number of hydrogen-bond donors (Lipinski definition) is 2. The summed E-state index contributed by atoms with van der Waals surface area (Å²) in [6, 6.07) is 19.6. The number of fused-ring (bicyclic) bond motifs is 1. The lowest BCUT2D eigenvalue weighted by Gasteiger charge is -2.23. The molecule has 164 valence electrons. The highest BCUT2D eigenvalue weighted by Gasteiger charge is 2.33. The molecule has 4 rings (SSSR count). The zero-order valence-corrected chi connectivity index (χ0v) is 18.2. The van der Waals surface area contributed by atoms with Crippen LogP contribution in [0.2, 0.25) is 0 Å². The average molecular weight is 451 g/mol. The van der Waals surface area contributed by atoms with Crippen LogP contribution in [0, 0.1) is 0 Å². The summed E-state index contributed by atoms with van der Waals surface area (Å²) < 4.78 is 33.6. The molecule has 0 saturated carbocycles. The van der Waals surface area contributed by atoms with Crippen molar-refractivity contribution in [2.45, 2.75) is 11.3 Å². The van der Waals surface area contributed by atoms with Crippen LogP contribution in [0.1, 0.15) is 11.1 Å². The Morgan fingerprint density at radius 3 is 2.47 bits per heavy atom. The summed E-state index contributed by atoms with van der Waals surface area (Å²) >= 11 is 0. The van der Waals surface area contributed by atoms with E-state index in [1.807, 2.05) is 42.5 Å². The van der Waals surface area contributed by atoms with Gasteiger partial charge in [0.2, 0.25) is 0 Å². The van der Waals surface area contributed by atoms with Gasteiger partial charge in [-0.05, 0) is 65.6 Å². The van der Waals surface area contributed by atoms with Gasteiger partial charge in [0.25, 0.3) is 15.9 Å². The maximum atomic E-state index is 13.5. The lowest BCUT2D eigenvalue weighted by Crippen LogP contribution is -2.29. The van der Waals surface area contributed by atoms with E-state index in [-0.39, 0.29) is 4.90 Å². The Morgan fingerprint density at radius 2 is 1.81 bits per heavy atom. The van der Waals surface area contributed by atoms with Gasteiger partial charge < -0.3 is 4.74 Å². The van der Waals surface area contributed by atoms with Gasteiger partial charge >= 0.3 is 0 Å². The second-order valence-corrected chi connectivity index (χ2v) is 9.12. The number of rotatable bonds is 6. The van der Waals surface area contributed by atoms with E-state index in [0.717, 1.165) is 22.3 Å². The zero-order chi connectivity index (χ0) is 22.7. The first-order valence-corrected chi connectivity index (χ1v) is 11.4. The monoisotopic (exact) mass is 450 g/mol. The number of ether oxygens (including phenoxy) is 1. The van der Waals surface area contributed by atoms with Crippen molar-refractivity contribution >= 4 is 27.7 Å². The molecule has 8 heteroatoms. The van der Waals surface area contributed by atoms with E-state index in [0.29, 0.717) is 24.4 Å². The molecule has 0 aliphatic carbocycles. The second-order valence-electron chi connectivity index (χ2n) is 7.25. The van der Waals surface area contributed by atoms with Crippen LogP contribution < -0.4 is 14.5 Å². The third-order valence-corrected chi connectivity index (χ3v) is 7.13. The van der Waals surface area contributed by atoms with Gasteiger partial charge in [-0.1, -0.05) is 30.3 Å². The van der Waals surface area contributed by atoms with E-state index in [2.05, 4.69) is 0 Å². The van der Waals surface area contributed by atoms with Crippen LogP contribution >= 0.6 is 0 Å². The van der Waals surface area contributed by atoms with Crippen LogP contribution in [0.5, 0.6) is 5.75 Å². The predicted octanol–water partition coefficient (Wildman–Crippen LogP) is 3.63. The molecule has 0 spiro atoms. The molecule has 0 aromatic heterocycles. The molecule has 0 saturated heterocycles. The minimum Gasteiger partial charge on any atom is -0.497 e. The quantitative estimate of drug-likeness (QED) is 0.340.